The number of anilines is 1. The van der Waals surface area contributed by atoms with Gasteiger partial charge in [-0.15, -0.1) is 0 Å². The zero-order chi connectivity index (χ0) is 21.3. The maximum Gasteiger partial charge on any atom is 0.295 e. The zero-order valence-corrected chi connectivity index (χ0v) is 17.2. The monoisotopic (exact) mass is 453 g/mol. The van der Waals surface area contributed by atoms with Gasteiger partial charge in [-0.25, -0.2) is 8.42 Å². The van der Waals surface area contributed by atoms with Gasteiger partial charge in [0.15, 0.2) is 21.8 Å². The molecule has 3 rings (SSSR count). The summed E-state index contributed by atoms with van der Waals surface area (Å²) in [6.45, 7) is 3.38. The minimum atomic E-state index is -3.39. The first-order valence-electron chi connectivity index (χ1n) is 7.96. The Morgan fingerprint density at radius 1 is 1.21 bits per heavy atom. The largest absolute Gasteiger partial charge is 0.474 e. The van der Waals surface area contributed by atoms with Crippen molar-refractivity contribution in [3.05, 3.63) is 46.4 Å². The summed E-state index contributed by atoms with van der Waals surface area (Å²) in [4.78, 5) is 28.1. The van der Waals surface area contributed by atoms with Crippen molar-refractivity contribution in [1.82, 2.24) is 0 Å². The number of carbonyl (C=O) groups is 2. The Bertz CT molecular complexity index is 1120. The lowest BCUT2D eigenvalue weighted by molar-refractivity contribution is -0.122. The van der Waals surface area contributed by atoms with Crippen molar-refractivity contribution in [3.8, 4) is 5.75 Å². The molecule has 29 heavy (non-hydrogen) atoms. The molecule has 0 spiro atoms. The Morgan fingerprint density at radius 3 is 2.28 bits per heavy atom. The van der Waals surface area contributed by atoms with Crippen LogP contribution in [0.3, 0.4) is 0 Å². The highest BCUT2D eigenvalue weighted by Crippen LogP contribution is 2.39. The molecule has 150 valence electrons. The first-order chi connectivity index (χ1) is 13.7. The Labute approximate surface area is 176 Å². The molecule has 11 heteroatoms. The number of ether oxygens (including phenoxy) is 1. The Hall–Kier alpha value is -2.75. The van der Waals surface area contributed by atoms with Crippen molar-refractivity contribution in [1.29, 1.82) is 0 Å². The van der Waals surface area contributed by atoms with Crippen LogP contribution in [0.25, 0.3) is 0 Å². The van der Waals surface area contributed by atoms with Crippen LogP contribution in [-0.2, 0) is 19.4 Å². The van der Waals surface area contributed by atoms with E-state index in [9.17, 15) is 18.0 Å². The lowest BCUT2D eigenvalue weighted by Crippen LogP contribution is -2.37. The number of hydrogen-bond acceptors (Lipinski definition) is 7. The molecule has 0 aliphatic carbocycles. The Kier molecular flexibility index (Phi) is 5.74. The smallest absolute Gasteiger partial charge is 0.295 e. The fraction of sp³-hybridized carbons (Fsp3) is 0.111. The standard InChI is InChI=1S/C18H13Cl2N3O5S/c1-21-10-7-13(19)16(14(20)8-10)23-18(25)17(15(9-24)22-23)28-11-3-5-12(6-4-11)29(2,26)27/h3-9,17H,1H2,2H3. The third-order valence-electron chi connectivity index (χ3n) is 3.94. The summed E-state index contributed by atoms with van der Waals surface area (Å²) >= 11 is 12.4. The van der Waals surface area contributed by atoms with Crippen molar-refractivity contribution in [3.63, 3.8) is 0 Å². The van der Waals surface area contributed by atoms with E-state index < -0.39 is 21.8 Å². The SMILES string of the molecule is C=Nc1cc(Cl)c(N2N=C(C=O)C(Oc3ccc(S(C)(=O)=O)cc3)C2=O)c(Cl)c1. The van der Waals surface area contributed by atoms with Gasteiger partial charge in [0.2, 0.25) is 6.10 Å². The summed E-state index contributed by atoms with van der Waals surface area (Å²) in [5.41, 5.74) is 0.276. The quantitative estimate of drug-likeness (QED) is 0.493. The number of hydrazone groups is 1. The third kappa shape index (κ3) is 4.16. The first kappa shape index (κ1) is 21.0. The summed E-state index contributed by atoms with van der Waals surface area (Å²) in [6.07, 6.45) is 0.106. The summed E-state index contributed by atoms with van der Waals surface area (Å²) in [5, 5.41) is 5.02. The number of nitrogens with zero attached hydrogens (tertiary/aromatic N) is 3. The van der Waals surface area contributed by atoms with Crippen LogP contribution in [0.2, 0.25) is 10.0 Å². The van der Waals surface area contributed by atoms with Crippen LogP contribution >= 0.6 is 23.2 Å². The van der Waals surface area contributed by atoms with Gasteiger partial charge in [0.1, 0.15) is 11.4 Å². The lowest BCUT2D eigenvalue weighted by atomic mass is 10.2. The van der Waals surface area contributed by atoms with E-state index in [1.807, 2.05) is 0 Å². The molecule has 1 unspecified atom stereocenters. The predicted octanol–water partition coefficient (Wildman–Crippen LogP) is 3.08. The number of aliphatic imine (C=N–C) groups is 1. The molecule has 1 atom stereocenters. The second-order valence-corrected chi connectivity index (χ2v) is 8.78. The molecule has 0 aromatic heterocycles. The minimum absolute atomic E-state index is 0.0728. The zero-order valence-electron chi connectivity index (χ0n) is 14.9. The molecule has 1 aliphatic rings. The maximum absolute atomic E-state index is 12.8. The molecule has 0 saturated carbocycles. The van der Waals surface area contributed by atoms with Gasteiger partial charge in [0, 0.05) is 6.26 Å². The number of amides is 1. The number of aldehydes is 1. The highest BCUT2D eigenvalue weighted by atomic mass is 35.5. The van der Waals surface area contributed by atoms with Crippen LogP contribution in [-0.4, -0.2) is 45.4 Å². The first-order valence-corrected chi connectivity index (χ1v) is 10.6. The molecule has 0 N–H and O–H groups in total. The van der Waals surface area contributed by atoms with E-state index in [4.69, 9.17) is 27.9 Å². The third-order valence-corrected chi connectivity index (χ3v) is 5.64. The van der Waals surface area contributed by atoms with Crippen molar-refractivity contribution in [2.24, 2.45) is 10.1 Å². The van der Waals surface area contributed by atoms with E-state index in [1.54, 1.807) is 0 Å². The van der Waals surface area contributed by atoms with Gasteiger partial charge in [0.25, 0.3) is 5.91 Å². The normalized spacial score (nSPS) is 16.5. The van der Waals surface area contributed by atoms with E-state index in [1.165, 1.54) is 36.4 Å². The summed E-state index contributed by atoms with van der Waals surface area (Å²) in [5.74, 6) is -0.516. The highest BCUT2D eigenvalue weighted by molar-refractivity contribution is 7.90. The number of carbonyl (C=O) groups excluding carboxylic acids is 2. The van der Waals surface area contributed by atoms with Gasteiger partial charge < -0.3 is 4.74 Å². The number of rotatable bonds is 6. The van der Waals surface area contributed by atoms with E-state index >= 15 is 0 Å². The Morgan fingerprint density at radius 2 is 1.79 bits per heavy atom. The van der Waals surface area contributed by atoms with Crippen LogP contribution in [0.1, 0.15) is 0 Å². The molecule has 1 aliphatic heterocycles. The number of hydrogen-bond donors (Lipinski definition) is 0. The summed E-state index contributed by atoms with van der Waals surface area (Å²) in [6, 6.07) is 8.29. The van der Waals surface area contributed by atoms with Gasteiger partial charge >= 0.3 is 0 Å². The Balaban J connectivity index is 1.92. The van der Waals surface area contributed by atoms with Gasteiger partial charge in [-0.05, 0) is 43.1 Å². The summed E-state index contributed by atoms with van der Waals surface area (Å²) < 4.78 is 28.7. The van der Waals surface area contributed by atoms with Crippen molar-refractivity contribution in [2.75, 3.05) is 11.3 Å². The molecule has 2 aromatic carbocycles. The predicted molar refractivity (Wildman–Crippen MR) is 111 cm³/mol. The van der Waals surface area contributed by atoms with Crippen LogP contribution in [0, 0.1) is 0 Å². The fourth-order valence-electron chi connectivity index (χ4n) is 2.56. The number of benzene rings is 2. The van der Waals surface area contributed by atoms with Gasteiger partial charge in [-0.3, -0.25) is 14.6 Å². The summed E-state index contributed by atoms with van der Waals surface area (Å²) in [7, 11) is -3.39. The lowest BCUT2D eigenvalue weighted by Gasteiger charge is -2.18. The molecule has 1 heterocycles. The number of sulfone groups is 1. The molecule has 1 amide bonds. The molecule has 0 fully saturated rings. The highest BCUT2D eigenvalue weighted by Gasteiger charge is 2.40. The molecule has 0 saturated heterocycles. The maximum atomic E-state index is 12.8. The van der Waals surface area contributed by atoms with E-state index in [2.05, 4.69) is 16.8 Å². The van der Waals surface area contributed by atoms with E-state index in [0.717, 1.165) is 11.3 Å². The molecule has 0 bridgehead atoms. The fourth-order valence-corrected chi connectivity index (χ4v) is 3.82. The van der Waals surface area contributed by atoms with Crippen molar-refractivity contribution < 1.29 is 22.7 Å². The van der Waals surface area contributed by atoms with Crippen LogP contribution in [0.15, 0.2) is 51.4 Å². The van der Waals surface area contributed by atoms with E-state index in [0.29, 0.717) is 12.0 Å². The van der Waals surface area contributed by atoms with Crippen LogP contribution < -0.4 is 9.75 Å². The van der Waals surface area contributed by atoms with Crippen LogP contribution in [0.5, 0.6) is 5.75 Å². The second-order valence-electron chi connectivity index (χ2n) is 5.95. The molecular weight excluding hydrogens is 441 g/mol. The van der Waals surface area contributed by atoms with E-state index in [-0.39, 0.29) is 32.1 Å². The van der Waals surface area contributed by atoms with Crippen molar-refractivity contribution >= 4 is 69.0 Å². The van der Waals surface area contributed by atoms with Crippen molar-refractivity contribution in [2.45, 2.75) is 11.0 Å². The second kappa shape index (κ2) is 7.94. The van der Waals surface area contributed by atoms with Crippen LogP contribution in [0.4, 0.5) is 11.4 Å². The average Bonchev–Trinajstić information content (AvgIpc) is 2.96. The number of halogens is 2. The molecule has 0 radical (unpaired) electrons. The average molecular weight is 454 g/mol. The minimum Gasteiger partial charge on any atom is -0.474 e. The van der Waals surface area contributed by atoms with Gasteiger partial charge in [0.05, 0.1) is 20.6 Å². The molecule has 2 aromatic rings. The van der Waals surface area contributed by atoms with Gasteiger partial charge in [-0.2, -0.15) is 10.1 Å². The van der Waals surface area contributed by atoms with Gasteiger partial charge in [-0.1, -0.05) is 23.2 Å². The topological polar surface area (TPSA) is 105 Å². The molecule has 8 nitrogen and oxygen atoms in total. The molecular formula is C18H13Cl2N3O5S.